The fourth-order valence-electron chi connectivity index (χ4n) is 3.30. The lowest BCUT2D eigenvalue weighted by molar-refractivity contribution is -0.0677. The van der Waals surface area contributed by atoms with Crippen LogP contribution in [0.15, 0.2) is 0 Å². The Kier molecular flexibility index (Phi) is 7.46. The zero-order valence-corrected chi connectivity index (χ0v) is 15.9. The Morgan fingerprint density at radius 2 is 1.77 bits per heavy atom. The van der Waals surface area contributed by atoms with Crippen LogP contribution in [0, 0.1) is 23.2 Å². The highest BCUT2D eigenvalue weighted by atomic mass is 16.5. The third-order valence-electron chi connectivity index (χ3n) is 5.77. The summed E-state index contributed by atoms with van der Waals surface area (Å²) in [5.41, 5.74) is -0.101. The summed E-state index contributed by atoms with van der Waals surface area (Å²) in [7, 11) is 6.60. The first kappa shape index (κ1) is 20.0. The molecule has 1 fully saturated rings. The third-order valence-corrected chi connectivity index (χ3v) is 5.77. The summed E-state index contributed by atoms with van der Waals surface area (Å²) >= 11 is 0. The van der Waals surface area contributed by atoms with Gasteiger partial charge in [0.25, 0.3) is 0 Å². The molecule has 1 aliphatic rings. The van der Waals surface area contributed by atoms with Crippen molar-refractivity contribution in [1.82, 2.24) is 0 Å². The number of hydrogen-bond donors (Lipinski definition) is 0. The van der Waals surface area contributed by atoms with Crippen LogP contribution in [-0.4, -0.2) is 33.8 Å². The first-order valence-electron chi connectivity index (χ1n) is 9.09. The molecule has 0 aromatic heterocycles. The second-order valence-corrected chi connectivity index (χ2v) is 8.61. The molecule has 0 saturated heterocycles. The standard InChI is InChI=1S/C19H37BO2/c1-8-21-12-18(5,6)19(7,20)13-22-17-11-15(4)9-10-16(17)14(2)3/h14-17H,8-13H2,1-7H3. The van der Waals surface area contributed by atoms with Crippen molar-refractivity contribution >= 4 is 7.85 Å². The summed E-state index contributed by atoms with van der Waals surface area (Å²) < 4.78 is 12.0. The second-order valence-electron chi connectivity index (χ2n) is 8.61. The summed E-state index contributed by atoms with van der Waals surface area (Å²) in [5.74, 6) is 2.11. The van der Waals surface area contributed by atoms with Gasteiger partial charge in [0.05, 0.1) is 20.6 Å². The molecule has 0 aromatic carbocycles. The Morgan fingerprint density at radius 1 is 1.14 bits per heavy atom. The molecule has 1 saturated carbocycles. The van der Waals surface area contributed by atoms with Gasteiger partial charge in [-0.15, -0.1) is 0 Å². The van der Waals surface area contributed by atoms with E-state index >= 15 is 0 Å². The molecule has 22 heavy (non-hydrogen) atoms. The zero-order valence-electron chi connectivity index (χ0n) is 15.9. The molecular weight excluding hydrogens is 271 g/mol. The van der Waals surface area contributed by atoms with E-state index in [-0.39, 0.29) is 10.7 Å². The van der Waals surface area contributed by atoms with E-state index in [2.05, 4.69) is 41.5 Å². The molecule has 2 nitrogen and oxygen atoms in total. The predicted molar refractivity (Wildman–Crippen MR) is 95.5 cm³/mol. The Bertz CT molecular complexity index is 325. The van der Waals surface area contributed by atoms with E-state index < -0.39 is 0 Å². The molecule has 3 heteroatoms. The third kappa shape index (κ3) is 5.27. The smallest absolute Gasteiger partial charge is 0.0782 e. The van der Waals surface area contributed by atoms with E-state index in [0.29, 0.717) is 31.2 Å². The summed E-state index contributed by atoms with van der Waals surface area (Å²) in [4.78, 5) is 0. The van der Waals surface area contributed by atoms with Crippen LogP contribution in [0.2, 0.25) is 5.31 Å². The van der Waals surface area contributed by atoms with Gasteiger partial charge in [0, 0.05) is 13.2 Å². The van der Waals surface area contributed by atoms with Gasteiger partial charge in [0.15, 0.2) is 0 Å². The second kappa shape index (κ2) is 8.19. The van der Waals surface area contributed by atoms with Crippen LogP contribution in [0.1, 0.15) is 67.7 Å². The quantitative estimate of drug-likeness (QED) is 0.595. The molecule has 1 aliphatic carbocycles. The van der Waals surface area contributed by atoms with Crippen molar-refractivity contribution in [2.45, 2.75) is 79.1 Å². The average molecular weight is 308 g/mol. The molecule has 128 valence electrons. The van der Waals surface area contributed by atoms with Gasteiger partial charge in [-0.05, 0) is 48.2 Å². The molecule has 0 spiro atoms. The molecule has 4 atom stereocenters. The molecule has 0 N–H and O–H groups in total. The highest BCUT2D eigenvalue weighted by Crippen LogP contribution is 2.44. The molecule has 4 unspecified atom stereocenters. The largest absolute Gasteiger partial charge is 0.381 e. The van der Waals surface area contributed by atoms with Gasteiger partial charge in [0.1, 0.15) is 0 Å². The van der Waals surface area contributed by atoms with E-state index in [0.717, 1.165) is 12.5 Å². The summed E-state index contributed by atoms with van der Waals surface area (Å²) in [5, 5.41) is -0.385. The van der Waals surface area contributed by atoms with Gasteiger partial charge in [-0.25, -0.2) is 0 Å². The van der Waals surface area contributed by atoms with E-state index in [1.165, 1.54) is 19.3 Å². The Morgan fingerprint density at radius 3 is 2.32 bits per heavy atom. The van der Waals surface area contributed by atoms with Crippen molar-refractivity contribution in [3.63, 3.8) is 0 Å². The molecule has 1 rings (SSSR count). The van der Waals surface area contributed by atoms with Crippen molar-refractivity contribution in [3.8, 4) is 0 Å². The zero-order chi connectivity index (χ0) is 17.0. The average Bonchev–Trinajstić information content (AvgIpc) is 2.42. The lowest BCUT2D eigenvalue weighted by Gasteiger charge is -2.44. The van der Waals surface area contributed by atoms with Crippen molar-refractivity contribution in [1.29, 1.82) is 0 Å². The molecule has 0 amide bonds. The monoisotopic (exact) mass is 308 g/mol. The maximum Gasteiger partial charge on any atom is 0.0782 e. The summed E-state index contributed by atoms with van der Waals surface area (Å²) in [6.07, 6.45) is 4.14. The maximum atomic E-state index is 6.60. The summed E-state index contributed by atoms with van der Waals surface area (Å²) in [6, 6.07) is 0. The van der Waals surface area contributed by atoms with E-state index in [9.17, 15) is 0 Å². The van der Waals surface area contributed by atoms with E-state index in [4.69, 9.17) is 17.3 Å². The number of ether oxygens (including phenoxy) is 2. The Labute approximate surface area is 140 Å². The van der Waals surface area contributed by atoms with Crippen molar-refractivity contribution < 1.29 is 9.47 Å². The predicted octanol–water partition coefficient (Wildman–Crippen LogP) is 4.87. The lowest BCUT2D eigenvalue weighted by Crippen LogP contribution is -2.41. The minimum atomic E-state index is -0.385. The maximum absolute atomic E-state index is 6.60. The van der Waals surface area contributed by atoms with Crippen LogP contribution in [0.4, 0.5) is 0 Å². The van der Waals surface area contributed by atoms with Crippen LogP contribution in [0.5, 0.6) is 0 Å². The fraction of sp³-hybridized carbons (Fsp3) is 1.00. The van der Waals surface area contributed by atoms with Gasteiger partial charge in [-0.1, -0.05) is 48.0 Å². The fourth-order valence-corrected chi connectivity index (χ4v) is 3.30. The highest BCUT2D eigenvalue weighted by molar-refractivity contribution is 6.15. The van der Waals surface area contributed by atoms with Crippen LogP contribution >= 0.6 is 0 Å². The minimum absolute atomic E-state index is 0.101. The molecule has 0 bridgehead atoms. The van der Waals surface area contributed by atoms with Crippen LogP contribution in [0.25, 0.3) is 0 Å². The Balaban J connectivity index is 2.64. The molecule has 0 aliphatic heterocycles. The van der Waals surface area contributed by atoms with Crippen molar-refractivity contribution in [2.24, 2.45) is 23.2 Å². The van der Waals surface area contributed by atoms with Gasteiger partial charge in [-0.3, -0.25) is 0 Å². The molecule has 0 aromatic rings. The van der Waals surface area contributed by atoms with E-state index in [1.807, 2.05) is 6.92 Å². The van der Waals surface area contributed by atoms with Crippen LogP contribution in [-0.2, 0) is 9.47 Å². The van der Waals surface area contributed by atoms with Crippen molar-refractivity contribution in [3.05, 3.63) is 0 Å². The van der Waals surface area contributed by atoms with E-state index in [1.54, 1.807) is 0 Å². The minimum Gasteiger partial charge on any atom is -0.381 e. The lowest BCUT2D eigenvalue weighted by atomic mass is 9.55. The van der Waals surface area contributed by atoms with Crippen LogP contribution in [0.3, 0.4) is 0 Å². The highest BCUT2D eigenvalue weighted by Gasteiger charge is 2.39. The van der Waals surface area contributed by atoms with Crippen molar-refractivity contribution in [2.75, 3.05) is 19.8 Å². The molecule has 0 heterocycles. The van der Waals surface area contributed by atoms with Crippen LogP contribution < -0.4 is 0 Å². The first-order chi connectivity index (χ1) is 10.1. The summed E-state index contributed by atoms with van der Waals surface area (Å²) in [6.45, 7) is 17.5. The topological polar surface area (TPSA) is 18.5 Å². The molecule has 2 radical (unpaired) electrons. The Hall–Kier alpha value is -0.0151. The van der Waals surface area contributed by atoms with Gasteiger partial charge in [-0.2, -0.15) is 0 Å². The normalized spacial score (nSPS) is 29.5. The SMILES string of the molecule is [B]C(C)(COC1CC(C)CCC1C(C)C)C(C)(C)COCC. The van der Waals surface area contributed by atoms with Gasteiger partial charge >= 0.3 is 0 Å². The van der Waals surface area contributed by atoms with Gasteiger partial charge in [0.2, 0.25) is 0 Å². The van der Waals surface area contributed by atoms with Gasteiger partial charge < -0.3 is 9.47 Å². The number of hydrogen-bond acceptors (Lipinski definition) is 2. The first-order valence-corrected chi connectivity index (χ1v) is 9.09. The molecular formula is C19H37BO2. The number of rotatable bonds is 8.